The number of halogens is 2. The van der Waals surface area contributed by atoms with Crippen LogP contribution in [0.2, 0.25) is 5.02 Å². The fraction of sp³-hybridized carbons (Fsp3) is 0.571. The van der Waals surface area contributed by atoms with Crippen molar-refractivity contribution in [1.82, 2.24) is 5.32 Å². The Balaban J connectivity index is 2.13. The number of hydrogen-bond acceptors (Lipinski definition) is 4. The summed E-state index contributed by atoms with van der Waals surface area (Å²) < 4.78 is 16.9. The summed E-state index contributed by atoms with van der Waals surface area (Å²) in [4.78, 5) is 0. The molecule has 0 unspecified atom stereocenters. The molecule has 114 valence electrons. The van der Waals surface area contributed by atoms with E-state index < -0.39 is 0 Å². The van der Waals surface area contributed by atoms with Gasteiger partial charge in [-0.05, 0) is 40.5 Å². The van der Waals surface area contributed by atoms with Gasteiger partial charge in [0.1, 0.15) is 6.61 Å². The molecule has 6 heteroatoms. The van der Waals surface area contributed by atoms with Crippen LogP contribution in [-0.4, -0.2) is 46.6 Å². The summed E-state index contributed by atoms with van der Waals surface area (Å²) in [5, 5.41) is 3.81. The molecule has 20 heavy (non-hydrogen) atoms. The van der Waals surface area contributed by atoms with E-state index in [0.29, 0.717) is 37.2 Å². The van der Waals surface area contributed by atoms with Crippen LogP contribution in [0.25, 0.3) is 0 Å². The van der Waals surface area contributed by atoms with Crippen molar-refractivity contribution < 1.29 is 14.2 Å². The Morgan fingerprint density at radius 1 is 1.15 bits per heavy atom. The van der Waals surface area contributed by atoms with Crippen molar-refractivity contribution >= 4 is 27.5 Å². The maximum Gasteiger partial charge on any atom is 0.152 e. The van der Waals surface area contributed by atoms with E-state index in [1.54, 1.807) is 7.11 Å². The average Bonchev–Trinajstić information content (AvgIpc) is 2.39. The number of ether oxygens (including phenoxy) is 3. The smallest absolute Gasteiger partial charge is 0.152 e. The second-order valence-corrected chi connectivity index (χ2v) is 5.52. The van der Waals surface area contributed by atoms with E-state index in [2.05, 4.69) is 21.2 Å². The van der Waals surface area contributed by atoms with Gasteiger partial charge in [0, 0.05) is 20.2 Å². The second kappa shape index (κ2) is 10.4. The Hall–Kier alpha value is -0.330. The number of rotatable bonds is 10. The van der Waals surface area contributed by atoms with Gasteiger partial charge in [0.15, 0.2) is 5.75 Å². The molecule has 0 spiro atoms. The van der Waals surface area contributed by atoms with Gasteiger partial charge in [-0.15, -0.1) is 0 Å². The largest absolute Gasteiger partial charge is 0.488 e. The molecule has 0 saturated heterocycles. The number of nitrogens with one attached hydrogen (secondary N) is 1. The third-order valence-corrected chi connectivity index (χ3v) is 3.39. The van der Waals surface area contributed by atoms with Gasteiger partial charge in [0.05, 0.1) is 29.3 Å². The number of aryl methyl sites for hydroxylation is 1. The molecule has 1 aromatic carbocycles. The van der Waals surface area contributed by atoms with Crippen molar-refractivity contribution in [3.05, 3.63) is 27.2 Å². The number of benzene rings is 1. The van der Waals surface area contributed by atoms with Crippen molar-refractivity contribution in [3.63, 3.8) is 0 Å². The molecule has 0 aliphatic rings. The molecule has 0 amide bonds. The Labute approximate surface area is 133 Å². The Morgan fingerprint density at radius 3 is 2.60 bits per heavy atom. The third-order valence-electron chi connectivity index (χ3n) is 2.52. The monoisotopic (exact) mass is 365 g/mol. The molecule has 4 nitrogen and oxygen atoms in total. The van der Waals surface area contributed by atoms with E-state index in [4.69, 9.17) is 25.8 Å². The van der Waals surface area contributed by atoms with E-state index in [9.17, 15) is 0 Å². The lowest BCUT2D eigenvalue weighted by Gasteiger charge is -2.11. The molecule has 1 N–H and O–H groups in total. The van der Waals surface area contributed by atoms with Crippen LogP contribution in [0.1, 0.15) is 5.56 Å². The predicted molar refractivity (Wildman–Crippen MR) is 84.9 cm³/mol. The Morgan fingerprint density at radius 2 is 1.90 bits per heavy atom. The molecule has 0 fully saturated rings. The lowest BCUT2D eigenvalue weighted by molar-refractivity contribution is 0.100. The molecule has 0 heterocycles. The highest BCUT2D eigenvalue weighted by molar-refractivity contribution is 9.10. The Bertz CT molecular complexity index is 381. The van der Waals surface area contributed by atoms with Crippen LogP contribution in [0, 0.1) is 6.92 Å². The lowest BCUT2D eigenvalue weighted by Crippen LogP contribution is -2.24. The summed E-state index contributed by atoms with van der Waals surface area (Å²) in [6.45, 7) is 5.99. The Kier molecular flexibility index (Phi) is 9.22. The van der Waals surface area contributed by atoms with E-state index in [-0.39, 0.29) is 0 Å². The molecule has 0 radical (unpaired) electrons. The van der Waals surface area contributed by atoms with Crippen LogP contribution in [-0.2, 0) is 9.47 Å². The topological polar surface area (TPSA) is 39.7 Å². The molecule has 0 aliphatic carbocycles. The van der Waals surface area contributed by atoms with Crippen molar-refractivity contribution in [3.8, 4) is 5.75 Å². The van der Waals surface area contributed by atoms with Crippen LogP contribution in [0.4, 0.5) is 0 Å². The molecular formula is C14H21BrClNO3. The van der Waals surface area contributed by atoms with Gasteiger partial charge in [-0.2, -0.15) is 0 Å². The molecule has 0 atom stereocenters. The molecule has 0 bridgehead atoms. The average molecular weight is 367 g/mol. The van der Waals surface area contributed by atoms with E-state index in [0.717, 1.165) is 23.1 Å². The third kappa shape index (κ3) is 6.90. The van der Waals surface area contributed by atoms with Gasteiger partial charge in [-0.1, -0.05) is 11.6 Å². The first-order chi connectivity index (χ1) is 9.65. The SMILES string of the molecule is COCCNCCOCCOc1c(Cl)cc(C)cc1Br. The van der Waals surface area contributed by atoms with E-state index in [1.807, 2.05) is 19.1 Å². The molecule has 1 aromatic rings. The first-order valence-electron chi connectivity index (χ1n) is 6.51. The minimum Gasteiger partial charge on any atom is -0.488 e. The fourth-order valence-corrected chi connectivity index (χ4v) is 2.70. The predicted octanol–water partition coefficient (Wildman–Crippen LogP) is 3.04. The highest BCUT2D eigenvalue weighted by Crippen LogP contribution is 2.34. The van der Waals surface area contributed by atoms with Crippen LogP contribution in [0.15, 0.2) is 16.6 Å². The van der Waals surface area contributed by atoms with Gasteiger partial charge < -0.3 is 19.5 Å². The summed E-state index contributed by atoms with van der Waals surface area (Å²) in [6, 6.07) is 3.85. The van der Waals surface area contributed by atoms with Gasteiger partial charge in [0.25, 0.3) is 0 Å². The normalized spacial score (nSPS) is 10.8. The van der Waals surface area contributed by atoms with Gasteiger partial charge >= 0.3 is 0 Å². The van der Waals surface area contributed by atoms with Gasteiger partial charge in [-0.3, -0.25) is 0 Å². The van der Waals surface area contributed by atoms with Crippen molar-refractivity contribution in [2.24, 2.45) is 0 Å². The minimum absolute atomic E-state index is 0.472. The van der Waals surface area contributed by atoms with E-state index >= 15 is 0 Å². The highest BCUT2D eigenvalue weighted by Gasteiger charge is 2.07. The molecule has 0 aliphatic heterocycles. The van der Waals surface area contributed by atoms with E-state index in [1.165, 1.54) is 0 Å². The summed E-state index contributed by atoms with van der Waals surface area (Å²) in [5.74, 6) is 0.666. The summed E-state index contributed by atoms with van der Waals surface area (Å²) >= 11 is 9.57. The zero-order valence-electron chi connectivity index (χ0n) is 11.9. The van der Waals surface area contributed by atoms with Crippen LogP contribution >= 0.6 is 27.5 Å². The number of hydrogen-bond donors (Lipinski definition) is 1. The molecule has 1 rings (SSSR count). The van der Waals surface area contributed by atoms with Gasteiger partial charge in [-0.25, -0.2) is 0 Å². The quantitative estimate of drug-likeness (QED) is 0.646. The van der Waals surface area contributed by atoms with Crippen LogP contribution in [0.5, 0.6) is 5.75 Å². The first-order valence-corrected chi connectivity index (χ1v) is 7.68. The molecule has 0 aromatic heterocycles. The zero-order valence-corrected chi connectivity index (χ0v) is 14.2. The minimum atomic E-state index is 0.472. The fourth-order valence-electron chi connectivity index (χ4n) is 1.57. The highest BCUT2D eigenvalue weighted by atomic mass is 79.9. The molecular weight excluding hydrogens is 346 g/mol. The lowest BCUT2D eigenvalue weighted by atomic mass is 10.2. The van der Waals surface area contributed by atoms with Crippen molar-refractivity contribution in [2.45, 2.75) is 6.92 Å². The summed E-state index contributed by atoms with van der Waals surface area (Å²) in [7, 11) is 1.68. The van der Waals surface area contributed by atoms with Crippen LogP contribution in [0.3, 0.4) is 0 Å². The van der Waals surface area contributed by atoms with Crippen LogP contribution < -0.4 is 10.1 Å². The standard InChI is InChI=1S/C14H21BrClNO3/c1-11-9-12(15)14(13(16)10-11)20-8-7-19-6-4-17-3-5-18-2/h9-10,17H,3-8H2,1-2H3. The maximum absolute atomic E-state index is 6.13. The summed E-state index contributed by atoms with van der Waals surface area (Å²) in [5.41, 5.74) is 1.09. The van der Waals surface area contributed by atoms with Crippen molar-refractivity contribution in [1.29, 1.82) is 0 Å². The second-order valence-electron chi connectivity index (χ2n) is 4.26. The zero-order chi connectivity index (χ0) is 14.8. The van der Waals surface area contributed by atoms with Crippen molar-refractivity contribution in [2.75, 3.05) is 46.6 Å². The number of methoxy groups -OCH3 is 1. The first kappa shape index (κ1) is 17.7. The van der Waals surface area contributed by atoms with Gasteiger partial charge in [0.2, 0.25) is 0 Å². The summed E-state index contributed by atoms with van der Waals surface area (Å²) in [6.07, 6.45) is 0. The maximum atomic E-state index is 6.13. The molecule has 0 saturated carbocycles.